The largest absolute Gasteiger partial charge is 0.321 e. The van der Waals surface area contributed by atoms with Crippen molar-refractivity contribution < 1.29 is 18.5 Å². The van der Waals surface area contributed by atoms with E-state index in [4.69, 9.17) is 0 Å². The van der Waals surface area contributed by atoms with Gasteiger partial charge in [0.25, 0.3) is 5.69 Å². The minimum atomic E-state index is -2.74. The predicted octanol–water partition coefficient (Wildman–Crippen LogP) is 3.16. The third-order valence-electron chi connectivity index (χ3n) is 3.35. The second-order valence-corrected chi connectivity index (χ2v) is 5.07. The van der Waals surface area contributed by atoms with Crippen LogP contribution in [-0.4, -0.2) is 32.5 Å². The van der Waals surface area contributed by atoms with Gasteiger partial charge < -0.3 is 10.2 Å². The van der Waals surface area contributed by atoms with Crippen molar-refractivity contribution in [2.75, 3.05) is 12.4 Å². The molecule has 0 spiro atoms. The van der Waals surface area contributed by atoms with Gasteiger partial charge in [0.1, 0.15) is 5.82 Å². The number of alkyl halides is 2. The van der Waals surface area contributed by atoms with E-state index in [-0.39, 0.29) is 18.1 Å². The summed E-state index contributed by atoms with van der Waals surface area (Å²) in [6.07, 6.45) is 2.36. The number of non-ortho nitro benzene ring substituents is 1. The Morgan fingerprint density at radius 2 is 2.21 bits per heavy atom. The van der Waals surface area contributed by atoms with Gasteiger partial charge >= 0.3 is 12.6 Å². The van der Waals surface area contributed by atoms with Gasteiger partial charge in [-0.05, 0) is 18.6 Å². The Labute approximate surface area is 135 Å². The summed E-state index contributed by atoms with van der Waals surface area (Å²) in [6, 6.07) is 3.47. The number of nitrogens with one attached hydrogen (secondary N) is 1. The molecule has 0 aliphatic carbocycles. The molecule has 2 amide bonds. The fourth-order valence-electron chi connectivity index (χ4n) is 2.04. The van der Waals surface area contributed by atoms with Crippen LogP contribution < -0.4 is 5.32 Å². The number of aryl methyl sites for hydroxylation is 1. The summed E-state index contributed by atoms with van der Waals surface area (Å²) in [5.74, 6) is 0.0445. The second kappa shape index (κ2) is 7.02. The number of aromatic nitrogens is 2. The first-order chi connectivity index (χ1) is 11.3. The van der Waals surface area contributed by atoms with E-state index >= 15 is 0 Å². The number of imidazole rings is 1. The molecule has 1 aromatic heterocycles. The van der Waals surface area contributed by atoms with E-state index in [1.54, 1.807) is 6.92 Å². The topological polar surface area (TPSA) is 93.3 Å². The van der Waals surface area contributed by atoms with Crippen LogP contribution in [0, 0.1) is 17.0 Å². The standard InChI is InChI=1S/C14H15F2N5O3/c1-9-7-10(21(23)24)3-4-11(9)18-14(22)19(2)8-12-17-5-6-20(12)13(15)16/h3-7,13H,8H2,1-2H3,(H,18,22). The fourth-order valence-corrected chi connectivity index (χ4v) is 2.04. The molecule has 0 saturated heterocycles. The Hall–Kier alpha value is -3.04. The van der Waals surface area contributed by atoms with Crippen molar-refractivity contribution in [3.63, 3.8) is 0 Å². The third-order valence-corrected chi connectivity index (χ3v) is 3.35. The number of nitro benzene ring substituents is 1. The number of benzene rings is 1. The van der Waals surface area contributed by atoms with E-state index in [1.807, 2.05) is 0 Å². The average molecular weight is 339 g/mol. The number of anilines is 1. The van der Waals surface area contributed by atoms with Crippen LogP contribution in [0.5, 0.6) is 0 Å². The molecule has 128 valence electrons. The van der Waals surface area contributed by atoms with E-state index in [0.29, 0.717) is 15.8 Å². The quantitative estimate of drug-likeness (QED) is 0.669. The van der Waals surface area contributed by atoms with Crippen molar-refractivity contribution in [2.24, 2.45) is 0 Å². The first-order valence-electron chi connectivity index (χ1n) is 6.86. The molecule has 10 heteroatoms. The molecule has 8 nitrogen and oxygen atoms in total. The molecular weight excluding hydrogens is 324 g/mol. The lowest BCUT2D eigenvalue weighted by Gasteiger charge is -2.19. The lowest BCUT2D eigenvalue weighted by atomic mass is 10.2. The number of nitro groups is 1. The lowest BCUT2D eigenvalue weighted by Crippen LogP contribution is -2.32. The minimum Gasteiger partial charge on any atom is -0.320 e. The third kappa shape index (κ3) is 3.83. The number of hydrogen-bond acceptors (Lipinski definition) is 4. The summed E-state index contributed by atoms with van der Waals surface area (Å²) in [5.41, 5.74) is 0.826. The van der Waals surface area contributed by atoms with Crippen molar-refractivity contribution in [3.05, 3.63) is 52.1 Å². The van der Waals surface area contributed by atoms with Crippen molar-refractivity contribution in [1.29, 1.82) is 0 Å². The monoisotopic (exact) mass is 339 g/mol. The molecule has 0 unspecified atom stereocenters. The van der Waals surface area contributed by atoms with E-state index in [1.165, 1.54) is 36.3 Å². The van der Waals surface area contributed by atoms with Gasteiger partial charge in [0.05, 0.1) is 11.5 Å². The van der Waals surface area contributed by atoms with E-state index in [2.05, 4.69) is 10.3 Å². The van der Waals surface area contributed by atoms with Gasteiger partial charge in [-0.3, -0.25) is 14.7 Å². The summed E-state index contributed by atoms with van der Waals surface area (Å²) in [5, 5.41) is 13.3. The fraction of sp³-hybridized carbons (Fsp3) is 0.286. The molecule has 0 atom stereocenters. The highest BCUT2D eigenvalue weighted by atomic mass is 19.3. The number of amides is 2. The highest BCUT2D eigenvalue weighted by Gasteiger charge is 2.17. The van der Waals surface area contributed by atoms with Gasteiger partial charge in [-0.25, -0.2) is 9.78 Å². The van der Waals surface area contributed by atoms with Crippen molar-refractivity contribution >= 4 is 17.4 Å². The maximum Gasteiger partial charge on any atom is 0.321 e. The van der Waals surface area contributed by atoms with Gasteiger partial charge in [-0.2, -0.15) is 8.78 Å². The number of carbonyl (C=O) groups is 1. The molecule has 0 aliphatic heterocycles. The molecule has 0 fully saturated rings. The first kappa shape index (κ1) is 17.3. The summed E-state index contributed by atoms with van der Waals surface area (Å²) in [7, 11) is 1.43. The molecule has 24 heavy (non-hydrogen) atoms. The molecule has 2 rings (SSSR count). The molecule has 1 aromatic carbocycles. The summed E-state index contributed by atoms with van der Waals surface area (Å²) in [4.78, 5) is 27.3. The zero-order chi connectivity index (χ0) is 17.9. The zero-order valence-corrected chi connectivity index (χ0v) is 12.9. The second-order valence-electron chi connectivity index (χ2n) is 5.07. The summed E-state index contributed by atoms with van der Waals surface area (Å²) in [6.45, 7) is -1.24. The minimum absolute atomic E-state index is 0.0445. The van der Waals surface area contributed by atoms with Crippen LogP contribution in [0.1, 0.15) is 17.9 Å². The van der Waals surface area contributed by atoms with Gasteiger partial charge in [0, 0.05) is 37.3 Å². The van der Waals surface area contributed by atoms with Crippen molar-refractivity contribution in [1.82, 2.24) is 14.5 Å². The van der Waals surface area contributed by atoms with Gasteiger partial charge in [-0.15, -0.1) is 0 Å². The number of nitrogens with zero attached hydrogens (tertiary/aromatic N) is 4. The van der Waals surface area contributed by atoms with E-state index < -0.39 is 17.5 Å². The van der Waals surface area contributed by atoms with Crippen LogP contribution in [-0.2, 0) is 6.54 Å². The molecule has 0 aliphatic rings. The van der Waals surface area contributed by atoms with Crippen LogP contribution >= 0.6 is 0 Å². The number of carbonyl (C=O) groups excluding carboxylic acids is 1. The Morgan fingerprint density at radius 3 is 2.79 bits per heavy atom. The predicted molar refractivity (Wildman–Crippen MR) is 81.8 cm³/mol. The Kier molecular flexibility index (Phi) is 5.07. The van der Waals surface area contributed by atoms with Crippen LogP contribution in [0.2, 0.25) is 0 Å². The Balaban J connectivity index is 2.06. The molecule has 0 radical (unpaired) electrons. The Bertz CT molecular complexity index is 763. The summed E-state index contributed by atoms with van der Waals surface area (Å²) < 4.78 is 26.2. The molecule has 2 aromatic rings. The van der Waals surface area contributed by atoms with Crippen LogP contribution in [0.3, 0.4) is 0 Å². The number of urea groups is 1. The first-order valence-corrected chi connectivity index (χ1v) is 6.86. The molecule has 0 bridgehead atoms. The Morgan fingerprint density at radius 1 is 1.50 bits per heavy atom. The van der Waals surface area contributed by atoms with Gasteiger partial charge in [0.2, 0.25) is 0 Å². The summed E-state index contributed by atoms with van der Waals surface area (Å²) >= 11 is 0. The smallest absolute Gasteiger partial charge is 0.320 e. The number of hydrogen-bond donors (Lipinski definition) is 1. The van der Waals surface area contributed by atoms with E-state index in [9.17, 15) is 23.7 Å². The maximum absolute atomic E-state index is 12.8. The average Bonchev–Trinajstić information content (AvgIpc) is 2.97. The highest BCUT2D eigenvalue weighted by Crippen LogP contribution is 2.21. The normalized spacial score (nSPS) is 10.7. The van der Waals surface area contributed by atoms with Crippen LogP contribution in [0.15, 0.2) is 30.6 Å². The maximum atomic E-state index is 12.8. The highest BCUT2D eigenvalue weighted by molar-refractivity contribution is 5.90. The molecule has 1 N–H and O–H groups in total. The van der Waals surface area contributed by atoms with Crippen LogP contribution in [0.25, 0.3) is 0 Å². The van der Waals surface area contributed by atoms with Crippen LogP contribution in [0.4, 0.5) is 25.0 Å². The number of halogens is 2. The van der Waals surface area contributed by atoms with Crippen molar-refractivity contribution in [3.8, 4) is 0 Å². The van der Waals surface area contributed by atoms with Crippen molar-refractivity contribution in [2.45, 2.75) is 20.0 Å². The molecular formula is C14H15F2N5O3. The van der Waals surface area contributed by atoms with Gasteiger partial charge in [-0.1, -0.05) is 0 Å². The SMILES string of the molecule is Cc1cc([N+](=O)[O-])ccc1NC(=O)N(C)Cc1nccn1C(F)F. The molecule has 0 saturated carbocycles. The van der Waals surface area contributed by atoms with E-state index in [0.717, 1.165) is 6.20 Å². The van der Waals surface area contributed by atoms with Gasteiger partial charge in [0.15, 0.2) is 0 Å². The lowest BCUT2D eigenvalue weighted by molar-refractivity contribution is -0.384. The molecule has 1 heterocycles. The zero-order valence-electron chi connectivity index (χ0n) is 12.9. The number of rotatable bonds is 5.